The van der Waals surface area contributed by atoms with E-state index in [0.717, 1.165) is 11.1 Å². The second-order valence-corrected chi connectivity index (χ2v) is 7.53. The SMILES string of the molecule is COCCOCCOCC(=O)Nc1ccc2c(c1)CN(C(=O)OC(C)(C)C)C2. The lowest BCUT2D eigenvalue weighted by atomic mass is 10.1. The maximum Gasteiger partial charge on any atom is 0.410 e. The van der Waals surface area contributed by atoms with E-state index in [1.807, 2.05) is 39.0 Å². The average molecular weight is 394 g/mol. The summed E-state index contributed by atoms with van der Waals surface area (Å²) < 4.78 is 20.8. The molecule has 1 aliphatic heterocycles. The molecule has 1 N–H and O–H groups in total. The highest BCUT2D eigenvalue weighted by Gasteiger charge is 2.27. The molecule has 0 bridgehead atoms. The number of fused-ring (bicyclic) bond motifs is 1. The van der Waals surface area contributed by atoms with Crippen molar-refractivity contribution in [2.75, 3.05) is 45.5 Å². The molecule has 0 unspecified atom stereocenters. The van der Waals surface area contributed by atoms with Crippen LogP contribution in [0.1, 0.15) is 31.9 Å². The smallest absolute Gasteiger partial charge is 0.410 e. The third kappa shape index (κ3) is 7.46. The zero-order valence-corrected chi connectivity index (χ0v) is 17.1. The third-order valence-corrected chi connectivity index (χ3v) is 3.90. The Morgan fingerprint density at radius 2 is 1.71 bits per heavy atom. The van der Waals surface area contributed by atoms with Gasteiger partial charge in [0.2, 0.25) is 5.91 Å². The normalized spacial score (nSPS) is 13.4. The Bertz CT molecular complexity index is 671. The van der Waals surface area contributed by atoms with Crippen LogP contribution in [-0.4, -0.2) is 62.6 Å². The molecule has 0 saturated carbocycles. The minimum atomic E-state index is -0.528. The van der Waals surface area contributed by atoms with Crippen LogP contribution in [0.5, 0.6) is 0 Å². The predicted octanol–water partition coefficient (Wildman–Crippen LogP) is 2.56. The topological polar surface area (TPSA) is 86.3 Å². The highest BCUT2D eigenvalue weighted by atomic mass is 16.6. The van der Waals surface area contributed by atoms with E-state index in [-0.39, 0.29) is 18.6 Å². The zero-order valence-electron chi connectivity index (χ0n) is 17.1. The van der Waals surface area contributed by atoms with Crippen molar-refractivity contribution in [1.82, 2.24) is 4.90 Å². The molecule has 2 amide bonds. The number of hydrogen-bond acceptors (Lipinski definition) is 6. The van der Waals surface area contributed by atoms with Gasteiger partial charge in [0.05, 0.1) is 26.4 Å². The summed E-state index contributed by atoms with van der Waals surface area (Å²) in [7, 11) is 1.61. The first-order valence-corrected chi connectivity index (χ1v) is 9.32. The number of carbonyl (C=O) groups is 2. The Hall–Kier alpha value is -2.16. The van der Waals surface area contributed by atoms with Gasteiger partial charge >= 0.3 is 6.09 Å². The first kappa shape index (κ1) is 22.1. The van der Waals surface area contributed by atoms with E-state index in [1.165, 1.54) is 0 Å². The molecule has 1 aliphatic rings. The summed E-state index contributed by atoms with van der Waals surface area (Å²) in [5.74, 6) is -0.237. The Labute approximate surface area is 166 Å². The summed E-state index contributed by atoms with van der Waals surface area (Å²) in [6.45, 7) is 8.23. The van der Waals surface area contributed by atoms with Gasteiger partial charge in [0.25, 0.3) is 0 Å². The number of rotatable bonds is 9. The zero-order chi connectivity index (χ0) is 20.6. The van der Waals surface area contributed by atoms with Gasteiger partial charge in [0.1, 0.15) is 12.2 Å². The van der Waals surface area contributed by atoms with Crippen LogP contribution in [0.2, 0.25) is 0 Å². The van der Waals surface area contributed by atoms with Crippen LogP contribution in [0.3, 0.4) is 0 Å². The van der Waals surface area contributed by atoms with Crippen LogP contribution in [0.15, 0.2) is 18.2 Å². The van der Waals surface area contributed by atoms with E-state index in [2.05, 4.69) is 5.32 Å². The Balaban J connectivity index is 1.75. The van der Waals surface area contributed by atoms with Crippen molar-refractivity contribution in [1.29, 1.82) is 0 Å². The van der Waals surface area contributed by atoms with Crippen LogP contribution in [0.4, 0.5) is 10.5 Å². The number of hydrogen-bond donors (Lipinski definition) is 1. The van der Waals surface area contributed by atoms with E-state index in [1.54, 1.807) is 12.0 Å². The molecule has 0 radical (unpaired) electrons. The molecule has 0 saturated heterocycles. The standard InChI is InChI=1S/C20H30N2O6/c1-20(2,3)28-19(24)22-12-15-5-6-17(11-16(15)13-22)21-18(23)14-27-10-9-26-8-7-25-4/h5-6,11H,7-10,12-14H2,1-4H3,(H,21,23). The Morgan fingerprint density at radius 1 is 1.04 bits per heavy atom. The van der Waals surface area contributed by atoms with Crippen molar-refractivity contribution in [2.45, 2.75) is 39.5 Å². The fourth-order valence-electron chi connectivity index (χ4n) is 2.65. The molecule has 1 aromatic rings. The highest BCUT2D eigenvalue weighted by Crippen LogP contribution is 2.27. The second kappa shape index (κ2) is 10.4. The van der Waals surface area contributed by atoms with Gasteiger partial charge in [-0.05, 0) is 44.0 Å². The molecule has 8 nitrogen and oxygen atoms in total. The molecular weight excluding hydrogens is 364 g/mol. The number of nitrogens with one attached hydrogen (secondary N) is 1. The number of amides is 2. The van der Waals surface area contributed by atoms with Crippen molar-refractivity contribution in [3.63, 3.8) is 0 Å². The largest absolute Gasteiger partial charge is 0.444 e. The number of ether oxygens (including phenoxy) is 4. The molecule has 0 spiro atoms. The van der Waals surface area contributed by atoms with E-state index < -0.39 is 5.60 Å². The Kier molecular flexibility index (Phi) is 8.22. The quantitative estimate of drug-likeness (QED) is 0.648. The maximum absolute atomic E-state index is 12.2. The van der Waals surface area contributed by atoms with Gasteiger partial charge in [0, 0.05) is 25.9 Å². The van der Waals surface area contributed by atoms with Gasteiger partial charge < -0.3 is 24.3 Å². The van der Waals surface area contributed by atoms with Crippen LogP contribution >= 0.6 is 0 Å². The number of nitrogens with zero attached hydrogens (tertiary/aromatic N) is 1. The lowest BCUT2D eigenvalue weighted by Gasteiger charge is -2.24. The summed E-state index contributed by atoms with van der Waals surface area (Å²) in [5.41, 5.74) is 2.19. The molecular formula is C20H30N2O6. The minimum Gasteiger partial charge on any atom is -0.444 e. The molecule has 28 heavy (non-hydrogen) atoms. The molecule has 0 fully saturated rings. The monoisotopic (exact) mass is 394 g/mol. The van der Waals surface area contributed by atoms with E-state index in [0.29, 0.717) is 45.2 Å². The summed E-state index contributed by atoms with van der Waals surface area (Å²) >= 11 is 0. The first-order valence-electron chi connectivity index (χ1n) is 9.32. The molecule has 0 aliphatic carbocycles. The first-order chi connectivity index (χ1) is 13.3. The van der Waals surface area contributed by atoms with Crippen LogP contribution < -0.4 is 5.32 Å². The summed E-state index contributed by atoms with van der Waals surface area (Å²) in [5, 5.41) is 2.81. The minimum absolute atomic E-state index is 0.0469. The van der Waals surface area contributed by atoms with E-state index in [4.69, 9.17) is 18.9 Å². The maximum atomic E-state index is 12.2. The third-order valence-electron chi connectivity index (χ3n) is 3.90. The van der Waals surface area contributed by atoms with Crippen molar-refractivity contribution in [3.8, 4) is 0 Å². The average Bonchev–Trinajstić information content (AvgIpc) is 3.03. The molecule has 8 heteroatoms. The second-order valence-electron chi connectivity index (χ2n) is 7.53. The highest BCUT2D eigenvalue weighted by molar-refractivity contribution is 5.91. The van der Waals surface area contributed by atoms with Gasteiger partial charge in [-0.25, -0.2) is 4.79 Å². The van der Waals surface area contributed by atoms with Crippen LogP contribution in [-0.2, 0) is 36.8 Å². The lowest BCUT2D eigenvalue weighted by molar-refractivity contribution is -0.121. The van der Waals surface area contributed by atoms with Crippen LogP contribution in [0, 0.1) is 0 Å². The molecule has 2 rings (SSSR count). The van der Waals surface area contributed by atoms with Gasteiger partial charge in [-0.1, -0.05) is 6.07 Å². The molecule has 1 heterocycles. The molecule has 156 valence electrons. The van der Waals surface area contributed by atoms with E-state index in [9.17, 15) is 9.59 Å². The summed E-state index contributed by atoms with van der Waals surface area (Å²) in [4.78, 5) is 25.9. The number of anilines is 1. The number of methoxy groups -OCH3 is 1. The fourth-order valence-corrected chi connectivity index (χ4v) is 2.65. The van der Waals surface area contributed by atoms with Crippen molar-refractivity contribution >= 4 is 17.7 Å². The number of carbonyl (C=O) groups excluding carboxylic acids is 2. The van der Waals surface area contributed by atoms with Gasteiger partial charge in [0.15, 0.2) is 0 Å². The fraction of sp³-hybridized carbons (Fsp3) is 0.600. The molecule has 0 atom stereocenters. The lowest BCUT2D eigenvalue weighted by Crippen LogP contribution is -2.33. The van der Waals surface area contributed by atoms with Gasteiger partial charge in [-0.15, -0.1) is 0 Å². The van der Waals surface area contributed by atoms with Crippen molar-refractivity contribution < 1.29 is 28.5 Å². The molecule has 0 aromatic heterocycles. The number of benzene rings is 1. The van der Waals surface area contributed by atoms with E-state index >= 15 is 0 Å². The Morgan fingerprint density at radius 3 is 2.43 bits per heavy atom. The predicted molar refractivity (Wildman–Crippen MR) is 104 cm³/mol. The van der Waals surface area contributed by atoms with Crippen molar-refractivity contribution in [3.05, 3.63) is 29.3 Å². The summed E-state index contributed by atoms with van der Waals surface area (Å²) in [6.07, 6.45) is -0.338. The molecule has 1 aromatic carbocycles. The van der Waals surface area contributed by atoms with Crippen molar-refractivity contribution in [2.24, 2.45) is 0 Å². The van der Waals surface area contributed by atoms with Gasteiger partial charge in [-0.3, -0.25) is 9.69 Å². The van der Waals surface area contributed by atoms with Gasteiger partial charge in [-0.2, -0.15) is 0 Å². The van der Waals surface area contributed by atoms with Crippen LogP contribution in [0.25, 0.3) is 0 Å². The summed E-state index contributed by atoms with van der Waals surface area (Å²) in [6, 6.07) is 5.62.